The molecule has 8 heteroatoms. The molecule has 0 bridgehead atoms. The van der Waals surface area contributed by atoms with Crippen molar-refractivity contribution < 1.29 is 9.59 Å². The van der Waals surface area contributed by atoms with E-state index in [2.05, 4.69) is 15.6 Å². The minimum atomic E-state index is -0.458. The Balaban J connectivity index is 1.64. The Hall–Kier alpha value is -3.83. The summed E-state index contributed by atoms with van der Waals surface area (Å²) in [4.78, 5) is 28.8. The molecule has 1 heterocycles. The number of benzene rings is 2. The Morgan fingerprint density at radius 1 is 1.07 bits per heavy atom. The molecule has 1 aromatic heterocycles. The first-order valence-corrected chi connectivity index (χ1v) is 10.1. The molecule has 0 saturated carbocycles. The lowest BCUT2D eigenvalue weighted by molar-refractivity contribution is -0.118. The minimum absolute atomic E-state index is 0.00498. The van der Waals surface area contributed by atoms with Crippen molar-refractivity contribution in [2.45, 2.75) is 11.6 Å². The quantitative estimate of drug-likeness (QED) is 0.508. The molecule has 0 atom stereocenters. The summed E-state index contributed by atoms with van der Waals surface area (Å²) in [5.41, 5.74) is 7.83. The van der Waals surface area contributed by atoms with Gasteiger partial charge in [-0.1, -0.05) is 60.3 Å². The van der Waals surface area contributed by atoms with Crippen molar-refractivity contribution in [3.63, 3.8) is 0 Å². The second-order valence-electron chi connectivity index (χ2n) is 6.26. The molecule has 3 aromatic rings. The van der Waals surface area contributed by atoms with Crippen LogP contribution in [-0.4, -0.2) is 22.6 Å². The number of amides is 2. The van der Waals surface area contributed by atoms with Gasteiger partial charge in [-0.15, -0.1) is 0 Å². The summed E-state index contributed by atoms with van der Waals surface area (Å²) in [7, 11) is 0. The molecule has 30 heavy (non-hydrogen) atoms. The zero-order valence-electron chi connectivity index (χ0n) is 16.0. The number of pyridine rings is 1. The van der Waals surface area contributed by atoms with E-state index in [1.807, 2.05) is 42.5 Å². The fourth-order valence-corrected chi connectivity index (χ4v) is 3.38. The summed E-state index contributed by atoms with van der Waals surface area (Å²) >= 11 is 1.10. The lowest BCUT2D eigenvalue weighted by Crippen LogP contribution is -2.24. The molecule has 0 spiro atoms. The van der Waals surface area contributed by atoms with Crippen molar-refractivity contribution in [2.24, 2.45) is 0 Å². The highest BCUT2D eigenvalue weighted by atomic mass is 32.2. The lowest BCUT2D eigenvalue weighted by Gasteiger charge is -2.10. The van der Waals surface area contributed by atoms with Crippen molar-refractivity contribution in [1.82, 2.24) is 10.3 Å². The normalized spacial score (nSPS) is 10.1. The van der Waals surface area contributed by atoms with Crippen LogP contribution in [0.15, 0.2) is 71.8 Å². The molecule has 3 rings (SSSR count). The third-order valence-electron chi connectivity index (χ3n) is 4.09. The Kier molecular flexibility index (Phi) is 7.03. The second-order valence-corrected chi connectivity index (χ2v) is 7.22. The van der Waals surface area contributed by atoms with Crippen molar-refractivity contribution >= 4 is 35.1 Å². The summed E-state index contributed by atoms with van der Waals surface area (Å²) in [5, 5.41) is 15.3. The number of nitriles is 1. The third-order valence-corrected chi connectivity index (χ3v) is 5.08. The molecule has 0 aliphatic carbocycles. The summed E-state index contributed by atoms with van der Waals surface area (Å²) in [5.74, 6) is -0.586. The number of carbonyl (C=O) groups excluding carboxylic acids is 2. The van der Waals surface area contributed by atoms with Crippen LogP contribution in [0.3, 0.4) is 0 Å². The first-order valence-electron chi connectivity index (χ1n) is 9.07. The van der Waals surface area contributed by atoms with Gasteiger partial charge in [0, 0.05) is 12.2 Å². The largest absolute Gasteiger partial charge is 0.383 e. The number of aromatic nitrogens is 1. The first kappa shape index (κ1) is 20.9. The summed E-state index contributed by atoms with van der Waals surface area (Å²) in [6, 6.07) is 21.9. The van der Waals surface area contributed by atoms with Crippen LogP contribution in [0, 0.1) is 11.3 Å². The average molecular weight is 417 g/mol. The standard InChI is InChI=1S/C22H19N5O2S/c23-12-16-11-18(21(29)26-17-9-5-2-6-10-17)20(24)27-22(16)30-14-19(28)25-13-15-7-3-1-4-8-15/h1-11H,13-14H2,(H2,24,27)(H,25,28)(H,26,29). The van der Waals surface area contributed by atoms with E-state index in [1.165, 1.54) is 6.07 Å². The van der Waals surface area contributed by atoms with Crippen LogP contribution in [0.1, 0.15) is 21.5 Å². The van der Waals surface area contributed by atoms with Crippen LogP contribution in [0.2, 0.25) is 0 Å². The Morgan fingerprint density at radius 2 is 1.73 bits per heavy atom. The number of rotatable bonds is 7. The number of thioether (sulfide) groups is 1. The highest BCUT2D eigenvalue weighted by Crippen LogP contribution is 2.24. The predicted octanol–water partition coefficient (Wildman–Crippen LogP) is 3.20. The van der Waals surface area contributed by atoms with Crippen molar-refractivity contribution in [3.05, 3.63) is 83.4 Å². The molecule has 0 aliphatic rings. The van der Waals surface area contributed by atoms with Gasteiger partial charge in [0.2, 0.25) is 5.91 Å². The number of carbonyl (C=O) groups is 2. The fraction of sp³-hybridized carbons (Fsp3) is 0.0909. The molecule has 0 fully saturated rings. The molecular weight excluding hydrogens is 398 g/mol. The van der Waals surface area contributed by atoms with Crippen LogP contribution in [0.25, 0.3) is 0 Å². The van der Waals surface area contributed by atoms with Gasteiger partial charge in [0.05, 0.1) is 16.9 Å². The van der Waals surface area contributed by atoms with Crippen LogP contribution < -0.4 is 16.4 Å². The molecule has 7 nitrogen and oxygen atoms in total. The van der Waals surface area contributed by atoms with Crippen LogP contribution in [-0.2, 0) is 11.3 Å². The third kappa shape index (κ3) is 5.59. The van der Waals surface area contributed by atoms with Gasteiger partial charge in [0.1, 0.15) is 16.9 Å². The van der Waals surface area contributed by atoms with Gasteiger partial charge in [-0.05, 0) is 23.8 Å². The maximum absolute atomic E-state index is 12.5. The number of para-hydroxylation sites is 1. The fourth-order valence-electron chi connectivity index (χ4n) is 2.58. The van der Waals surface area contributed by atoms with Crippen molar-refractivity contribution in [2.75, 3.05) is 16.8 Å². The van der Waals surface area contributed by atoms with E-state index >= 15 is 0 Å². The highest BCUT2D eigenvalue weighted by Gasteiger charge is 2.17. The minimum Gasteiger partial charge on any atom is -0.383 e. The Morgan fingerprint density at radius 3 is 2.40 bits per heavy atom. The Labute approximate surface area is 178 Å². The molecule has 0 saturated heterocycles. The number of anilines is 2. The topological polar surface area (TPSA) is 121 Å². The average Bonchev–Trinajstić information content (AvgIpc) is 2.77. The summed E-state index contributed by atoms with van der Waals surface area (Å²) < 4.78 is 0. The van der Waals surface area contributed by atoms with E-state index in [9.17, 15) is 14.9 Å². The number of nitrogens with two attached hydrogens (primary N) is 1. The van der Waals surface area contributed by atoms with Crippen LogP contribution in [0.4, 0.5) is 11.5 Å². The van der Waals surface area contributed by atoms with E-state index in [0.29, 0.717) is 17.3 Å². The van der Waals surface area contributed by atoms with E-state index in [0.717, 1.165) is 17.3 Å². The Bertz CT molecular complexity index is 1080. The van der Waals surface area contributed by atoms with Gasteiger partial charge in [0.15, 0.2) is 0 Å². The number of hydrogen-bond acceptors (Lipinski definition) is 6. The van der Waals surface area contributed by atoms with Gasteiger partial charge in [-0.2, -0.15) is 5.26 Å². The number of hydrogen-bond donors (Lipinski definition) is 3. The first-order chi connectivity index (χ1) is 14.6. The summed E-state index contributed by atoms with van der Waals surface area (Å²) in [6.45, 7) is 0.416. The van der Waals surface area contributed by atoms with Crippen molar-refractivity contribution in [1.29, 1.82) is 5.26 Å². The van der Waals surface area contributed by atoms with Gasteiger partial charge in [-0.25, -0.2) is 4.98 Å². The van der Waals surface area contributed by atoms with Crippen molar-refractivity contribution in [3.8, 4) is 6.07 Å². The monoisotopic (exact) mass is 417 g/mol. The molecule has 0 unspecified atom stereocenters. The number of nitrogens with one attached hydrogen (secondary N) is 2. The maximum Gasteiger partial charge on any atom is 0.259 e. The van der Waals surface area contributed by atoms with Gasteiger partial charge in [-0.3, -0.25) is 9.59 Å². The van der Waals surface area contributed by atoms with E-state index in [4.69, 9.17) is 5.73 Å². The highest BCUT2D eigenvalue weighted by molar-refractivity contribution is 8.00. The maximum atomic E-state index is 12.5. The number of nitrogen functional groups attached to an aromatic ring is 1. The molecule has 0 aliphatic heterocycles. The zero-order valence-corrected chi connectivity index (χ0v) is 16.8. The SMILES string of the molecule is N#Cc1cc(C(=O)Nc2ccccc2)c(N)nc1SCC(=O)NCc1ccccc1. The molecule has 4 N–H and O–H groups in total. The number of nitrogens with zero attached hydrogens (tertiary/aromatic N) is 2. The van der Waals surface area contributed by atoms with E-state index in [-0.39, 0.29) is 28.6 Å². The zero-order chi connectivity index (χ0) is 21.3. The predicted molar refractivity (Wildman–Crippen MR) is 117 cm³/mol. The molecule has 2 aromatic carbocycles. The van der Waals surface area contributed by atoms with Gasteiger partial charge >= 0.3 is 0 Å². The van der Waals surface area contributed by atoms with E-state index in [1.54, 1.807) is 24.3 Å². The summed E-state index contributed by atoms with van der Waals surface area (Å²) in [6.07, 6.45) is 0. The van der Waals surface area contributed by atoms with Gasteiger partial charge < -0.3 is 16.4 Å². The smallest absolute Gasteiger partial charge is 0.259 e. The van der Waals surface area contributed by atoms with E-state index < -0.39 is 5.91 Å². The molecule has 150 valence electrons. The lowest BCUT2D eigenvalue weighted by atomic mass is 10.2. The molecule has 0 radical (unpaired) electrons. The molecule has 2 amide bonds. The van der Waals surface area contributed by atoms with Gasteiger partial charge in [0.25, 0.3) is 5.91 Å². The second kappa shape index (κ2) is 10.1. The van der Waals surface area contributed by atoms with Crippen LogP contribution >= 0.6 is 11.8 Å². The van der Waals surface area contributed by atoms with Crippen LogP contribution in [0.5, 0.6) is 0 Å². The molecular formula is C22H19N5O2S.